The van der Waals surface area contributed by atoms with Crippen LogP contribution in [0, 0.1) is 5.92 Å². The van der Waals surface area contributed by atoms with E-state index in [1.165, 1.54) is 5.56 Å². The molecular formula is C15H17N3O. The molecule has 0 saturated heterocycles. The molecule has 1 aliphatic carbocycles. The first-order valence-corrected chi connectivity index (χ1v) is 6.67. The van der Waals surface area contributed by atoms with Gasteiger partial charge >= 0.3 is 0 Å². The third-order valence-corrected chi connectivity index (χ3v) is 3.70. The summed E-state index contributed by atoms with van der Waals surface area (Å²) >= 11 is 0. The van der Waals surface area contributed by atoms with Gasteiger partial charge in [0, 0.05) is 11.5 Å². The third kappa shape index (κ3) is 2.38. The molecule has 2 unspecified atom stereocenters. The Morgan fingerprint density at radius 2 is 2.21 bits per heavy atom. The van der Waals surface area contributed by atoms with E-state index >= 15 is 0 Å². The SMILES string of the molecule is CCc1cn[nH]c1NC(=O)C1CC1c1ccccc1. The van der Waals surface area contributed by atoms with Gasteiger partial charge in [0.15, 0.2) is 0 Å². The minimum Gasteiger partial charge on any atom is -0.311 e. The monoisotopic (exact) mass is 255 g/mol. The van der Waals surface area contributed by atoms with Crippen LogP contribution in [0.4, 0.5) is 5.82 Å². The van der Waals surface area contributed by atoms with Crippen LogP contribution >= 0.6 is 0 Å². The summed E-state index contributed by atoms with van der Waals surface area (Å²) in [5.74, 6) is 1.30. The molecule has 2 aromatic rings. The van der Waals surface area contributed by atoms with Crippen LogP contribution in [0.15, 0.2) is 36.5 Å². The molecule has 0 spiro atoms. The number of hydrogen-bond acceptors (Lipinski definition) is 2. The molecule has 0 bridgehead atoms. The Bertz CT molecular complexity index is 576. The molecule has 1 fully saturated rings. The number of nitrogens with one attached hydrogen (secondary N) is 2. The molecule has 1 aromatic carbocycles. The van der Waals surface area contributed by atoms with Gasteiger partial charge in [-0.25, -0.2) is 0 Å². The zero-order valence-electron chi connectivity index (χ0n) is 10.9. The highest BCUT2D eigenvalue weighted by Gasteiger charge is 2.44. The summed E-state index contributed by atoms with van der Waals surface area (Å²) in [7, 11) is 0. The number of aryl methyl sites for hydroxylation is 1. The standard InChI is InChI=1S/C15H17N3O/c1-2-10-9-16-18-14(10)17-15(19)13-8-12(13)11-6-4-3-5-7-11/h3-7,9,12-13H,2,8H2,1H3,(H2,16,17,18,19). The van der Waals surface area contributed by atoms with Crippen LogP contribution in [-0.4, -0.2) is 16.1 Å². The summed E-state index contributed by atoms with van der Waals surface area (Å²) in [5.41, 5.74) is 2.30. The lowest BCUT2D eigenvalue weighted by molar-refractivity contribution is -0.117. The summed E-state index contributed by atoms with van der Waals surface area (Å²) in [4.78, 5) is 12.2. The van der Waals surface area contributed by atoms with Crippen molar-refractivity contribution in [3.05, 3.63) is 47.7 Å². The highest BCUT2D eigenvalue weighted by atomic mass is 16.2. The Morgan fingerprint density at radius 3 is 2.95 bits per heavy atom. The third-order valence-electron chi connectivity index (χ3n) is 3.70. The first kappa shape index (κ1) is 12.0. The highest BCUT2D eigenvalue weighted by Crippen LogP contribution is 2.47. The van der Waals surface area contributed by atoms with Crippen LogP contribution in [0.1, 0.15) is 30.4 Å². The molecule has 0 aliphatic heterocycles. The molecule has 1 aromatic heterocycles. The maximum atomic E-state index is 12.2. The van der Waals surface area contributed by atoms with Gasteiger partial charge in [-0.15, -0.1) is 0 Å². The van der Waals surface area contributed by atoms with Crippen molar-refractivity contribution in [1.82, 2.24) is 10.2 Å². The number of carbonyl (C=O) groups is 1. The molecule has 4 heteroatoms. The lowest BCUT2D eigenvalue weighted by Gasteiger charge is -2.04. The number of hydrogen-bond donors (Lipinski definition) is 2. The van der Waals surface area contributed by atoms with Crippen molar-refractivity contribution in [1.29, 1.82) is 0 Å². The Morgan fingerprint density at radius 1 is 1.42 bits per heavy atom. The number of benzene rings is 1. The average molecular weight is 255 g/mol. The van der Waals surface area contributed by atoms with E-state index in [9.17, 15) is 4.79 Å². The molecule has 1 aliphatic rings. The quantitative estimate of drug-likeness (QED) is 0.882. The van der Waals surface area contributed by atoms with Crippen molar-refractivity contribution >= 4 is 11.7 Å². The summed E-state index contributed by atoms with van der Waals surface area (Å²) in [6.07, 6.45) is 3.56. The predicted octanol–water partition coefficient (Wildman–Crippen LogP) is 2.71. The second-order valence-electron chi connectivity index (χ2n) is 4.97. The molecular weight excluding hydrogens is 238 g/mol. The first-order valence-electron chi connectivity index (χ1n) is 6.67. The van der Waals surface area contributed by atoms with Gasteiger partial charge in [0.2, 0.25) is 5.91 Å². The van der Waals surface area contributed by atoms with E-state index in [4.69, 9.17) is 0 Å². The van der Waals surface area contributed by atoms with E-state index in [0.717, 1.165) is 24.2 Å². The number of H-pyrrole nitrogens is 1. The fraction of sp³-hybridized carbons (Fsp3) is 0.333. The van der Waals surface area contributed by atoms with Crippen LogP contribution in [0.25, 0.3) is 0 Å². The smallest absolute Gasteiger partial charge is 0.229 e. The zero-order valence-corrected chi connectivity index (χ0v) is 10.9. The molecule has 3 rings (SSSR count). The first-order chi connectivity index (χ1) is 9.29. The maximum absolute atomic E-state index is 12.2. The van der Waals surface area contributed by atoms with Crippen molar-refractivity contribution in [2.45, 2.75) is 25.7 Å². The highest BCUT2D eigenvalue weighted by molar-refractivity contribution is 5.95. The van der Waals surface area contributed by atoms with Crippen molar-refractivity contribution in [2.75, 3.05) is 5.32 Å². The Hall–Kier alpha value is -2.10. The Balaban J connectivity index is 1.64. The zero-order chi connectivity index (χ0) is 13.2. The van der Waals surface area contributed by atoms with Gasteiger partial charge in [0.05, 0.1) is 6.20 Å². The van der Waals surface area contributed by atoms with E-state index in [2.05, 4.69) is 27.6 Å². The Kier molecular flexibility index (Phi) is 3.07. The van der Waals surface area contributed by atoms with Crippen LogP contribution in [0.2, 0.25) is 0 Å². The number of aromatic nitrogens is 2. The summed E-state index contributed by atoms with van der Waals surface area (Å²) in [6, 6.07) is 10.2. The van der Waals surface area contributed by atoms with Gasteiger partial charge in [-0.1, -0.05) is 37.3 Å². The molecule has 98 valence electrons. The fourth-order valence-electron chi connectivity index (χ4n) is 2.46. The van der Waals surface area contributed by atoms with Gasteiger partial charge in [-0.2, -0.15) is 5.10 Å². The van der Waals surface area contributed by atoms with Crippen LogP contribution in [-0.2, 0) is 11.2 Å². The lowest BCUT2D eigenvalue weighted by atomic mass is 10.1. The van der Waals surface area contributed by atoms with Crippen LogP contribution < -0.4 is 5.32 Å². The van der Waals surface area contributed by atoms with E-state index in [-0.39, 0.29) is 11.8 Å². The number of nitrogens with zero attached hydrogens (tertiary/aromatic N) is 1. The summed E-state index contributed by atoms with van der Waals surface area (Å²) < 4.78 is 0. The second kappa shape index (κ2) is 4.88. The molecule has 1 heterocycles. The number of rotatable bonds is 4. The van der Waals surface area contributed by atoms with Gasteiger partial charge < -0.3 is 5.32 Å². The largest absolute Gasteiger partial charge is 0.311 e. The van der Waals surface area contributed by atoms with Crippen molar-refractivity contribution in [2.24, 2.45) is 5.92 Å². The van der Waals surface area contributed by atoms with Crippen molar-refractivity contribution < 1.29 is 4.79 Å². The van der Waals surface area contributed by atoms with Crippen molar-refractivity contribution in [3.63, 3.8) is 0 Å². The van der Waals surface area contributed by atoms with E-state index in [1.807, 2.05) is 25.1 Å². The van der Waals surface area contributed by atoms with E-state index in [0.29, 0.717) is 5.92 Å². The van der Waals surface area contributed by atoms with Gasteiger partial charge in [-0.3, -0.25) is 9.89 Å². The summed E-state index contributed by atoms with van der Waals surface area (Å²) in [5, 5.41) is 9.75. The van der Waals surface area contributed by atoms with Gasteiger partial charge in [0.1, 0.15) is 5.82 Å². The van der Waals surface area contributed by atoms with Crippen LogP contribution in [0.3, 0.4) is 0 Å². The molecule has 2 atom stereocenters. The van der Waals surface area contributed by atoms with Gasteiger partial charge in [-0.05, 0) is 24.3 Å². The summed E-state index contributed by atoms with van der Waals surface area (Å²) in [6.45, 7) is 2.05. The number of amides is 1. The number of carbonyl (C=O) groups excluding carboxylic acids is 1. The minimum atomic E-state index is 0.0906. The van der Waals surface area contributed by atoms with Crippen LogP contribution in [0.5, 0.6) is 0 Å². The van der Waals surface area contributed by atoms with Gasteiger partial charge in [0.25, 0.3) is 0 Å². The topological polar surface area (TPSA) is 57.8 Å². The molecule has 1 saturated carbocycles. The molecule has 2 N–H and O–H groups in total. The molecule has 4 nitrogen and oxygen atoms in total. The second-order valence-corrected chi connectivity index (χ2v) is 4.97. The van der Waals surface area contributed by atoms with E-state index in [1.54, 1.807) is 6.20 Å². The number of anilines is 1. The lowest BCUT2D eigenvalue weighted by Crippen LogP contribution is -2.15. The molecule has 0 radical (unpaired) electrons. The minimum absolute atomic E-state index is 0.0906. The number of aromatic amines is 1. The average Bonchev–Trinajstić information content (AvgIpc) is 3.14. The normalized spacial score (nSPS) is 21.1. The van der Waals surface area contributed by atoms with Crippen molar-refractivity contribution in [3.8, 4) is 0 Å². The van der Waals surface area contributed by atoms with E-state index < -0.39 is 0 Å². The maximum Gasteiger partial charge on any atom is 0.229 e. The Labute approximate surface area is 112 Å². The predicted molar refractivity (Wildman–Crippen MR) is 73.9 cm³/mol. The molecule has 19 heavy (non-hydrogen) atoms. The fourth-order valence-corrected chi connectivity index (χ4v) is 2.46. The molecule has 1 amide bonds.